The summed E-state index contributed by atoms with van der Waals surface area (Å²) in [6.45, 7) is 5.96. The molecular weight excluding hydrogens is 420 g/mol. The highest BCUT2D eigenvalue weighted by atomic mass is 32.2. The molecule has 1 fully saturated rings. The van der Waals surface area contributed by atoms with Crippen LogP contribution in [0.4, 0.5) is 0 Å². The van der Waals surface area contributed by atoms with E-state index in [9.17, 15) is 8.42 Å². The number of hydrogen-bond acceptors (Lipinski definition) is 4. The first-order chi connectivity index (χ1) is 15.4. The van der Waals surface area contributed by atoms with Gasteiger partial charge < -0.3 is 4.74 Å². The van der Waals surface area contributed by atoms with Crippen molar-refractivity contribution < 1.29 is 13.2 Å². The van der Waals surface area contributed by atoms with Gasteiger partial charge in [-0.1, -0.05) is 60.7 Å². The number of aryl methyl sites for hydroxylation is 2. The van der Waals surface area contributed by atoms with Crippen LogP contribution in [0.3, 0.4) is 0 Å². The highest BCUT2D eigenvalue weighted by Gasteiger charge is 2.33. The summed E-state index contributed by atoms with van der Waals surface area (Å²) in [7, 11) is -1.97. The second-order valence-corrected chi connectivity index (χ2v) is 10.2. The fourth-order valence-electron chi connectivity index (χ4n) is 4.49. The fourth-order valence-corrected chi connectivity index (χ4v) is 6.20. The first kappa shape index (κ1) is 22.5. The molecule has 1 aliphatic heterocycles. The molecule has 6 heteroatoms. The van der Waals surface area contributed by atoms with Crippen LogP contribution >= 0.6 is 0 Å². The van der Waals surface area contributed by atoms with E-state index in [2.05, 4.69) is 53.4 Å². The zero-order valence-corrected chi connectivity index (χ0v) is 19.7. The van der Waals surface area contributed by atoms with E-state index < -0.39 is 10.0 Å². The Labute approximate surface area is 191 Å². The monoisotopic (exact) mass is 450 g/mol. The summed E-state index contributed by atoms with van der Waals surface area (Å²) < 4.78 is 33.9. The molecule has 0 aliphatic carbocycles. The van der Waals surface area contributed by atoms with E-state index in [1.54, 1.807) is 23.5 Å². The molecule has 0 bridgehead atoms. The second-order valence-electron chi connectivity index (χ2n) is 8.25. The number of methoxy groups -OCH3 is 1. The quantitative estimate of drug-likeness (QED) is 0.558. The van der Waals surface area contributed by atoms with Gasteiger partial charge in [0.1, 0.15) is 5.75 Å². The maximum atomic E-state index is 13.4. The van der Waals surface area contributed by atoms with Crippen molar-refractivity contribution in [2.24, 2.45) is 0 Å². The van der Waals surface area contributed by atoms with Gasteiger partial charge in [0.15, 0.2) is 0 Å². The third-order valence-corrected chi connectivity index (χ3v) is 8.22. The lowest BCUT2D eigenvalue weighted by Crippen LogP contribution is -2.49. The smallest absolute Gasteiger partial charge is 0.243 e. The van der Waals surface area contributed by atoms with E-state index in [0.29, 0.717) is 42.4 Å². The molecule has 0 aromatic heterocycles. The van der Waals surface area contributed by atoms with Gasteiger partial charge in [0.2, 0.25) is 10.0 Å². The summed E-state index contributed by atoms with van der Waals surface area (Å²) in [6.07, 6.45) is 0. The summed E-state index contributed by atoms with van der Waals surface area (Å²) in [5, 5.41) is 0. The van der Waals surface area contributed by atoms with E-state index in [1.165, 1.54) is 11.1 Å². The Kier molecular flexibility index (Phi) is 6.65. The van der Waals surface area contributed by atoms with Gasteiger partial charge in [0, 0.05) is 26.2 Å². The second kappa shape index (κ2) is 9.45. The highest BCUT2D eigenvalue weighted by molar-refractivity contribution is 7.89. The molecule has 4 rings (SSSR count). The lowest BCUT2D eigenvalue weighted by molar-refractivity contribution is 0.156. The normalized spacial score (nSPS) is 15.8. The van der Waals surface area contributed by atoms with Crippen LogP contribution in [0.25, 0.3) is 0 Å². The highest BCUT2D eigenvalue weighted by Crippen LogP contribution is 2.32. The fraction of sp³-hybridized carbons (Fsp3) is 0.308. The summed E-state index contributed by atoms with van der Waals surface area (Å²) in [5.41, 5.74) is 3.97. The van der Waals surface area contributed by atoms with Gasteiger partial charge in [-0.15, -0.1) is 0 Å². The largest absolute Gasteiger partial charge is 0.496 e. The summed E-state index contributed by atoms with van der Waals surface area (Å²) in [6, 6.07) is 24.5. The molecule has 0 radical (unpaired) electrons. The number of ether oxygens (including phenoxy) is 1. The molecule has 0 atom stereocenters. The molecule has 168 valence electrons. The van der Waals surface area contributed by atoms with Crippen molar-refractivity contribution in [1.29, 1.82) is 0 Å². The Balaban J connectivity index is 1.57. The molecule has 3 aromatic carbocycles. The first-order valence-corrected chi connectivity index (χ1v) is 12.3. The molecule has 3 aromatic rings. The molecule has 1 aliphatic rings. The lowest BCUT2D eigenvalue weighted by atomic mass is 9.96. The van der Waals surface area contributed by atoms with E-state index in [4.69, 9.17) is 4.74 Å². The Morgan fingerprint density at radius 2 is 1.31 bits per heavy atom. The van der Waals surface area contributed by atoms with Gasteiger partial charge in [-0.3, -0.25) is 4.90 Å². The van der Waals surface area contributed by atoms with Crippen LogP contribution in [0.1, 0.15) is 28.3 Å². The minimum atomic E-state index is -3.57. The molecule has 0 spiro atoms. The van der Waals surface area contributed by atoms with Crippen LogP contribution in [-0.4, -0.2) is 50.9 Å². The maximum Gasteiger partial charge on any atom is 0.243 e. The summed E-state index contributed by atoms with van der Waals surface area (Å²) >= 11 is 0. The topological polar surface area (TPSA) is 49.9 Å². The molecule has 0 unspecified atom stereocenters. The van der Waals surface area contributed by atoms with Gasteiger partial charge >= 0.3 is 0 Å². The van der Waals surface area contributed by atoms with Gasteiger partial charge in [0.05, 0.1) is 18.0 Å². The van der Waals surface area contributed by atoms with Crippen molar-refractivity contribution in [1.82, 2.24) is 9.21 Å². The SMILES string of the molecule is COc1cc(C)c(S(=O)(=O)N2CCN(C(c3ccccc3)c3ccccc3)CC2)cc1C. The number of benzene rings is 3. The van der Waals surface area contributed by atoms with Gasteiger partial charge in [0.25, 0.3) is 0 Å². The molecular formula is C26H30N2O3S. The molecule has 32 heavy (non-hydrogen) atoms. The average Bonchev–Trinajstić information content (AvgIpc) is 2.82. The minimum absolute atomic E-state index is 0.104. The van der Waals surface area contributed by atoms with Crippen molar-refractivity contribution in [2.45, 2.75) is 24.8 Å². The number of sulfonamides is 1. The minimum Gasteiger partial charge on any atom is -0.496 e. The number of piperazine rings is 1. The van der Waals surface area contributed by atoms with Crippen LogP contribution in [0.15, 0.2) is 77.7 Å². The Bertz CT molecular complexity index is 1120. The molecule has 1 saturated heterocycles. The van der Waals surface area contributed by atoms with Crippen LogP contribution < -0.4 is 4.74 Å². The van der Waals surface area contributed by atoms with E-state index >= 15 is 0 Å². The molecule has 5 nitrogen and oxygen atoms in total. The van der Waals surface area contributed by atoms with Gasteiger partial charge in [-0.25, -0.2) is 8.42 Å². The van der Waals surface area contributed by atoms with Crippen molar-refractivity contribution in [3.63, 3.8) is 0 Å². The zero-order chi connectivity index (χ0) is 22.7. The number of rotatable bonds is 6. The Morgan fingerprint density at radius 3 is 1.81 bits per heavy atom. The van der Waals surface area contributed by atoms with Gasteiger partial charge in [-0.05, 0) is 48.2 Å². The molecule has 1 heterocycles. The predicted octanol–water partition coefficient (Wildman–Crippen LogP) is 4.41. The van der Waals surface area contributed by atoms with Crippen LogP contribution in [0, 0.1) is 13.8 Å². The first-order valence-electron chi connectivity index (χ1n) is 10.9. The van der Waals surface area contributed by atoms with E-state index in [1.807, 2.05) is 26.0 Å². The van der Waals surface area contributed by atoms with Crippen molar-refractivity contribution in [3.05, 3.63) is 95.1 Å². The van der Waals surface area contributed by atoms with Crippen molar-refractivity contribution >= 4 is 10.0 Å². The molecule has 0 amide bonds. The van der Waals surface area contributed by atoms with Crippen LogP contribution in [0.2, 0.25) is 0 Å². The van der Waals surface area contributed by atoms with Crippen molar-refractivity contribution in [3.8, 4) is 5.75 Å². The summed E-state index contributed by atoms with van der Waals surface area (Å²) in [4.78, 5) is 2.75. The number of nitrogens with zero attached hydrogens (tertiary/aromatic N) is 2. The van der Waals surface area contributed by atoms with Gasteiger partial charge in [-0.2, -0.15) is 4.31 Å². The third kappa shape index (κ3) is 4.44. The van der Waals surface area contributed by atoms with Crippen LogP contribution in [-0.2, 0) is 10.0 Å². The standard InChI is InChI=1S/C26H30N2O3S/c1-20-19-25(21(2)18-24(20)31-3)32(29,30)28-16-14-27(15-17-28)26(22-10-6-4-7-11-22)23-12-8-5-9-13-23/h4-13,18-19,26H,14-17H2,1-3H3. The average molecular weight is 451 g/mol. The third-order valence-electron chi connectivity index (χ3n) is 6.18. The lowest BCUT2D eigenvalue weighted by Gasteiger charge is -2.39. The maximum absolute atomic E-state index is 13.4. The molecule has 0 N–H and O–H groups in total. The molecule has 0 saturated carbocycles. The Hall–Kier alpha value is -2.67. The number of hydrogen-bond donors (Lipinski definition) is 0. The van der Waals surface area contributed by atoms with Crippen molar-refractivity contribution in [2.75, 3.05) is 33.3 Å². The Morgan fingerprint density at radius 1 is 0.781 bits per heavy atom. The van der Waals surface area contributed by atoms with E-state index in [-0.39, 0.29) is 6.04 Å². The van der Waals surface area contributed by atoms with Crippen LogP contribution in [0.5, 0.6) is 5.75 Å². The van der Waals surface area contributed by atoms with E-state index in [0.717, 1.165) is 5.56 Å². The summed E-state index contributed by atoms with van der Waals surface area (Å²) in [5.74, 6) is 0.708. The predicted molar refractivity (Wildman–Crippen MR) is 128 cm³/mol. The zero-order valence-electron chi connectivity index (χ0n) is 18.9.